The second-order valence-corrected chi connectivity index (χ2v) is 24.3. The minimum Gasteiger partial charge on any atom is -0.394 e. The Balaban J connectivity index is 1.34. The van der Waals surface area contributed by atoms with Crippen LogP contribution in [0.25, 0.3) is 0 Å². The number of allylic oxidation sites excluding steroid dienone is 1. The smallest absolute Gasteiger partial charge is 0.220 e. The molecule has 0 spiro atoms. The van der Waals surface area contributed by atoms with E-state index in [-0.39, 0.29) is 12.3 Å². The topological polar surface area (TPSA) is 395 Å². The zero-order chi connectivity index (χ0) is 63.7. The molecule has 4 heterocycles. The number of aliphatic hydroxyl groups is 13. The number of nitrogens with one attached hydrogen (secondary N) is 2. The van der Waals surface area contributed by atoms with E-state index in [1.54, 1.807) is 6.08 Å². The van der Waals surface area contributed by atoms with Crippen LogP contribution in [0, 0.1) is 0 Å². The van der Waals surface area contributed by atoms with Crippen LogP contribution in [0.4, 0.5) is 0 Å². The van der Waals surface area contributed by atoms with Crippen LogP contribution in [0.3, 0.4) is 0 Å². The highest BCUT2D eigenvalue weighted by atomic mass is 16.8. The number of aliphatic hydroxyl groups excluding tert-OH is 13. The number of hydrogen-bond acceptors (Lipinski definition) is 23. The van der Waals surface area contributed by atoms with Crippen LogP contribution in [-0.2, 0) is 47.5 Å². The van der Waals surface area contributed by atoms with Crippen LogP contribution in [0.5, 0.6) is 0 Å². The third kappa shape index (κ3) is 26.0. The summed E-state index contributed by atoms with van der Waals surface area (Å²) >= 11 is 0. The van der Waals surface area contributed by atoms with E-state index in [1.807, 2.05) is 6.08 Å². The quantitative estimate of drug-likeness (QED) is 0.0305. The van der Waals surface area contributed by atoms with Gasteiger partial charge in [0.2, 0.25) is 11.8 Å². The van der Waals surface area contributed by atoms with Crippen molar-refractivity contribution in [3.8, 4) is 0 Å². The Hall–Kier alpha value is -2.16. The molecule has 4 aliphatic heterocycles. The van der Waals surface area contributed by atoms with Crippen molar-refractivity contribution in [1.82, 2.24) is 10.6 Å². The summed E-state index contributed by atoms with van der Waals surface area (Å²) < 4.78 is 46.4. The van der Waals surface area contributed by atoms with Crippen LogP contribution >= 0.6 is 0 Å². The van der Waals surface area contributed by atoms with Gasteiger partial charge in [-0.2, -0.15) is 0 Å². The van der Waals surface area contributed by atoms with Crippen molar-refractivity contribution in [2.45, 2.75) is 335 Å². The Bertz CT molecular complexity index is 1830. The van der Waals surface area contributed by atoms with Crippen LogP contribution in [0.2, 0.25) is 0 Å². The van der Waals surface area contributed by atoms with Crippen molar-refractivity contribution in [1.29, 1.82) is 0 Å². The molecule has 0 aromatic carbocycles. The van der Waals surface area contributed by atoms with Crippen LogP contribution in [0.1, 0.15) is 201 Å². The lowest BCUT2D eigenvalue weighted by molar-refractivity contribution is -0.386. The van der Waals surface area contributed by atoms with E-state index in [9.17, 15) is 76.0 Å². The first-order valence-corrected chi connectivity index (χ1v) is 32.9. The summed E-state index contributed by atoms with van der Waals surface area (Å²) in [5, 5.41) is 147. The molecule has 0 aromatic rings. The second-order valence-electron chi connectivity index (χ2n) is 24.3. The molecule has 0 radical (unpaired) electrons. The van der Waals surface area contributed by atoms with Crippen LogP contribution in [-0.4, -0.2) is 246 Å². The maximum absolute atomic E-state index is 13.4. The molecule has 4 rings (SSSR count). The first-order valence-electron chi connectivity index (χ1n) is 32.9. The number of hydrogen-bond donors (Lipinski definition) is 15. The molecule has 15 N–H and O–H groups in total. The molecule has 0 aromatic heterocycles. The van der Waals surface area contributed by atoms with Gasteiger partial charge in [0.05, 0.1) is 45.2 Å². The Morgan fingerprint density at radius 1 is 0.448 bits per heavy atom. The fourth-order valence-corrected chi connectivity index (χ4v) is 11.7. The summed E-state index contributed by atoms with van der Waals surface area (Å²) in [6.45, 7) is 1.61. The summed E-state index contributed by atoms with van der Waals surface area (Å²) in [5.41, 5.74) is 0. The highest BCUT2D eigenvalue weighted by Crippen LogP contribution is 2.35. The molecule has 0 unspecified atom stereocenters. The van der Waals surface area contributed by atoms with Gasteiger partial charge in [0.15, 0.2) is 25.2 Å². The molecule has 0 saturated carbocycles. The van der Waals surface area contributed by atoms with E-state index < -0.39 is 174 Å². The SMILES string of the molecule is CCCCCCCCCCCCC/C=C/[C@@H](O)[C@H](CO[C@@H]1O[C@H](CO)[C@@H](O[C@@H]2O[C@H](CO)[C@H](O[C@H]3O[C@H](CO)[C@H](O)[C@H](O[C@@H]4O[C@H](CO)[C@H](O)[C@H](O)[C@H]4NC(C)=O)[C@H]3O)[C@H](O)[C@H]2O)[C@H](O)[C@H]1O)NC(=O)CCCCCCCCCCCCCCCCC. The predicted molar refractivity (Wildman–Crippen MR) is 317 cm³/mol. The monoisotopic (exact) mass is 1250 g/mol. The summed E-state index contributed by atoms with van der Waals surface area (Å²) in [6, 6.07) is -2.53. The van der Waals surface area contributed by atoms with Gasteiger partial charge in [-0.05, 0) is 19.3 Å². The number of ether oxygens (including phenoxy) is 8. The molecule has 0 bridgehead atoms. The number of carbonyl (C=O) groups excluding carboxylic acids is 2. The highest BCUT2D eigenvalue weighted by Gasteiger charge is 2.56. The minimum absolute atomic E-state index is 0.218. The standard InChI is InChI=1S/C62H114N2O23/c1-4-6-8-10-12-14-16-18-19-21-23-25-27-29-31-33-46(71)64-40(41(70)32-30-28-26-24-22-20-17-15-13-11-9-7-5-2)38-80-60-53(77)51(75)56(44(36-67)83-60)85-61-54(78)52(76)57(45(37-68)84-61)86-62-55(79)58(49(73)43(35-66)82-62)87-59-47(63-39(3)69)50(74)48(72)42(34-65)81-59/h30,32,40-45,47-62,65-68,70,72-79H,4-29,31,33-38H2,1-3H3,(H,63,69)(H,64,71)/b32-30+/t40-,41+,42+,43+,44+,45+,47+,48-,49-,50+,51+,52+,53+,54+,55+,56+,57-,58-,59-,60+,61-,62+/m0/s1. The maximum Gasteiger partial charge on any atom is 0.220 e. The number of amides is 2. The number of carbonyl (C=O) groups is 2. The minimum atomic E-state index is -2.09. The Kier molecular flexibility index (Phi) is 38.8. The number of unbranched alkanes of at least 4 members (excludes halogenated alkanes) is 25. The van der Waals surface area contributed by atoms with E-state index in [0.29, 0.717) is 12.8 Å². The predicted octanol–water partition coefficient (Wildman–Crippen LogP) is 1.78. The van der Waals surface area contributed by atoms with Gasteiger partial charge in [0.1, 0.15) is 97.6 Å². The normalized spacial score (nSPS) is 33.8. The molecule has 2 amide bonds. The zero-order valence-electron chi connectivity index (χ0n) is 52.1. The van der Waals surface area contributed by atoms with Gasteiger partial charge in [-0.1, -0.05) is 180 Å². The van der Waals surface area contributed by atoms with E-state index in [0.717, 1.165) is 51.9 Å². The average molecular weight is 1260 g/mol. The van der Waals surface area contributed by atoms with Crippen molar-refractivity contribution in [3.05, 3.63) is 12.2 Å². The van der Waals surface area contributed by atoms with Gasteiger partial charge in [-0.25, -0.2) is 0 Å². The molecule has 22 atom stereocenters. The lowest BCUT2D eigenvalue weighted by atomic mass is 9.95. The molecule has 25 heteroatoms. The third-order valence-electron chi connectivity index (χ3n) is 17.1. The maximum atomic E-state index is 13.4. The van der Waals surface area contributed by atoms with E-state index >= 15 is 0 Å². The van der Waals surface area contributed by atoms with E-state index in [1.165, 1.54) is 116 Å². The first-order chi connectivity index (χ1) is 42.0. The summed E-state index contributed by atoms with van der Waals surface area (Å²) in [5.74, 6) is -1.00. The Morgan fingerprint density at radius 2 is 0.839 bits per heavy atom. The highest BCUT2D eigenvalue weighted by molar-refractivity contribution is 5.76. The van der Waals surface area contributed by atoms with E-state index in [4.69, 9.17) is 37.9 Å². The van der Waals surface area contributed by atoms with Crippen molar-refractivity contribution < 1.29 is 114 Å². The summed E-state index contributed by atoms with van der Waals surface area (Å²) in [4.78, 5) is 25.4. The molecule has 4 saturated heterocycles. The lowest BCUT2D eigenvalue weighted by Crippen LogP contribution is -2.69. The fourth-order valence-electron chi connectivity index (χ4n) is 11.7. The number of rotatable bonds is 45. The van der Waals surface area contributed by atoms with Crippen molar-refractivity contribution in [3.63, 3.8) is 0 Å². The lowest BCUT2D eigenvalue weighted by Gasteiger charge is -2.49. The third-order valence-corrected chi connectivity index (χ3v) is 17.1. The molecular weight excluding hydrogens is 1140 g/mol. The molecule has 25 nitrogen and oxygen atoms in total. The summed E-state index contributed by atoms with van der Waals surface area (Å²) in [7, 11) is 0. The molecule has 0 aliphatic carbocycles. The van der Waals surface area contributed by atoms with Crippen molar-refractivity contribution in [2.24, 2.45) is 0 Å². The molecule has 4 aliphatic rings. The van der Waals surface area contributed by atoms with Gasteiger partial charge in [-0.3, -0.25) is 9.59 Å². The van der Waals surface area contributed by atoms with Gasteiger partial charge in [-0.15, -0.1) is 0 Å². The molecule has 87 heavy (non-hydrogen) atoms. The Morgan fingerprint density at radius 3 is 1.31 bits per heavy atom. The van der Waals surface area contributed by atoms with Gasteiger partial charge in [0, 0.05) is 13.3 Å². The van der Waals surface area contributed by atoms with Gasteiger partial charge >= 0.3 is 0 Å². The zero-order valence-corrected chi connectivity index (χ0v) is 52.1. The second kappa shape index (κ2) is 43.6. The molecular formula is C62H114N2O23. The first kappa shape index (κ1) is 77.3. The van der Waals surface area contributed by atoms with Crippen LogP contribution < -0.4 is 10.6 Å². The molecule has 510 valence electrons. The fraction of sp³-hybridized carbons (Fsp3) is 0.935. The van der Waals surface area contributed by atoms with Crippen LogP contribution in [0.15, 0.2) is 12.2 Å². The summed E-state index contributed by atoms with van der Waals surface area (Å²) in [6.07, 6.45) is -0.0122. The van der Waals surface area contributed by atoms with E-state index in [2.05, 4.69) is 24.5 Å². The van der Waals surface area contributed by atoms with Crippen molar-refractivity contribution >= 4 is 11.8 Å². The van der Waals surface area contributed by atoms with Gasteiger partial charge in [0.25, 0.3) is 0 Å². The van der Waals surface area contributed by atoms with Gasteiger partial charge < -0.3 is 115 Å². The average Bonchev–Trinajstić information content (AvgIpc) is 2.49. The molecule has 4 fully saturated rings. The Labute approximate surface area is 515 Å². The largest absolute Gasteiger partial charge is 0.394 e. The van der Waals surface area contributed by atoms with Crippen molar-refractivity contribution in [2.75, 3.05) is 33.0 Å².